The van der Waals surface area contributed by atoms with E-state index >= 15 is 0 Å². The Morgan fingerprint density at radius 2 is 1.64 bits per heavy atom. The first-order valence-electron chi connectivity index (χ1n) is 7.24. The van der Waals surface area contributed by atoms with Crippen molar-refractivity contribution < 1.29 is 14.0 Å². The highest BCUT2D eigenvalue weighted by Gasteiger charge is 2.31. The number of rotatable bonds is 1. The van der Waals surface area contributed by atoms with Crippen molar-refractivity contribution in [2.45, 2.75) is 20.8 Å². The first kappa shape index (κ1) is 16.9. The molecule has 1 heterocycles. The first-order chi connectivity index (χ1) is 10.2. The van der Waals surface area contributed by atoms with Gasteiger partial charge in [-0.1, -0.05) is 36.7 Å². The van der Waals surface area contributed by atoms with Gasteiger partial charge in [0.15, 0.2) is 0 Å². The van der Waals surface area contributed by atoms with Crippen LogP contribution in [0, 0.1) is 11.2 Å². The minimum Gasteiger partial charge on any atom is -0.339 e. The average molecular weight is 371 g/mol. The molecule has 120 valence electrons. The normalized spacial score (nSPS) is 15.9. The molecular weight excluding hydrogens is 351 g/mol. The predicted octanol–water partition coefficient (Wildman–Crippen LogP) is 2.92. The Hall–Kier alpha value is -1.43. The second kappa shape index (κ2) is 6.36. The van der Waals surface area contributed by atoms with E-state index in [9.17, 15) is 14.0 Å². The number of amides is 2. The van der Waals surface area contributed by atoms with Crippen LogP contribution in [0.5, 0.6) is 0 Å². The molecule has 0 spiro atoms. The molecule has 1 aromatic rings. The van der Waals surface area contributed by atoms with Gasteiger partial charge < -0.3 is 9.80 Å². The summed E-state index contributed by atoms with van der Waals surface area (Å²) in [6, 6.07) is 4.33. The highest BCUT2D eigenvalue weighted by atomic mass is 79.9. The van der Waals surface area contributed by atoms with Gasteiger partial charge in [0, 0.05) is 36.1 Å². The third-order valence-corrected chi connectivity index (χ3v) is 4.15. The van der Waals surface area contributed by atoms with Crippen LogP contribution in [-0.2, 0) is 4.79 Å². The zero-order valence-corrected chi connectivity index (χ0v) is 14.6. The zero-order valence-electron chi connectivity index (χ0n) is 13.0. The van der Waals surface area contributed by atoms with E-state index in [1.165, 1.54) is 12.1 Å². The van der Waals surface area contributed by atoms with E-state index in [1.54, 1.807) is 15.9 Å². The van der Waals surface area contributed by atoms with Crippen LogP contribution < -0.4 is 0 Å². The van der Waals surface area contributed by atoms with Crippen LogP contribution in [0.1, 0.15) is 31.1 Å². The number of halogens is 2. The van der Waals surface area contributed by atoms with E-state index in [1.807, 2.05) is 20.8 Å². The van der Waals surface area contributed by atoms with Gasteiger partial charge in [-0.3, -0.25) is 9.59 Å². The molecule has 0 bridgehead atoms. The van der Waals surface area contributed by atoms with Crippen LogP contribution >= 0.6 is 15.9 Å². The summed E-state index contributed by atoms with van der Waals surface area (Å²) in [5, 5.41) is 0. The van der Waals surface area contributed by atoms with Crippen molar-refractivity contribution in [3.63, 3.8) is 0 Å². The first-order valence-corrected chi connectivity index (χ1v) is 8.03. The summed E-state index contributed by atoms with van der Waals surface area (Å²) in [4.78, 5) is 28.0. The lowest BCUT2D eigenvalue weighted by molar-refractivity contribution is -0.140. The Morgan fingerprint density at radius 3 is 2.18 bits per heavy atom. The Bertz CT molecular complexity index is 590. The Morgan fingerprint density at radius 1 is 1.09 bits per heavy atom. The van der Waals surface area contributed by atoms with Gasteiger partial charge >= 0.3 is 0 Å². The summed E-state index contributed by atoms with van der Waals surface area (Å²) in [6.07, 6.45) is 0. The maximum Gasteiger partial charge on any atom is 0.256 e. The third-order valence-electron chi connectivity index (χ3n) is 3.65. The standard InChI is InChI=1S/C16H20BrFN2O2/c1-16(2,3)15(22)20-8-6-19(7-9-20)14(21)12-10-11(17)4-5-13(12)18/h4-5,10H,6-9H2,1-3H3. The molecule has 1 fully saturated rings. The number of hydrogen-bond donors (Lipinski definition) is 0. The van der Waals surface area contributed by atoms with Crippen LogP contribution in [0.15, 0.2) is 22.7 Å². The molecule has 0 saturated carbocycles. The summed E-state index contributed by atoms with van der Waals surface area (Å²) in [5.41, 5.74) is -0.368. The van der Waals surface area contributed by atoms with Gasteiger partial charge in [0.1, 0.15) is 5.82 Å². The Kier molecular flexibility index (Phi) is 4.90. The van der Waals surface area contributed by atoms with Gasteiger partial charge in [-0.05, 0) is 18.2 Å². The van der Waals surface area contributed by atoms with Gasteiger partial charge in [-0.25, -0.2) is 4.39 Å². The monoisotopic (exact) mass is 370 g/mol. The maximum atomic E-state index is 13.8. The number of piperazine rings is 1. The quantitative estimate of drug-likeness (QED) is 0.762. The SMILES string of the molecule is CC(C)(C)C(=O)N1CCN(C(=O)c2cc(Br)ccc2F)CC1. The van der Waals surface area contributed by atoms with E-state index < -0.39 is 11.2 Å². The molecule has 1 aromatic carbocycles. The van der Waals surface area contributed by atoms with Crippen molar-refractivity contribution in [1.29, 1.82) is 0 Å². The van der Waals surface area contributed by atoms with Crippen molar-refractivity contribution in [3.05, 3.63) is 34.1 Å². The highest BCUT2D eigenvalue weighted by molar-refractivity contribution is 9.10. The number of carbonyl (C=O) groups excluding carboxylic acids is 2. The fourth-order valence-electron chi connectivity index (χ4n) is 2.42. The van der Waals surface area contributed by atoms with E-state index in [2.05, 4.69) is 15.9 Å². The van der Waals surface area contributed by atoms with E-state index in [0.717, 1.165) is 0 Å². The van der Waals surface area contributed by atoms with E-state index in [0.29, 0.717) is 30.7 Å². The second-order valence-corrected chi connectivity index (χ2v) is 7.37. The average Bonchev–Trinajstić information content (AvgIpc) is 2.47. The van der Waals surface area contributed by atoms with Gasteiger partial charge in [0.25, 0.3) is 5.91 Å². The van der Waals surface area contributed by atoms with Gasteiger partial charge in [0.2, 0.25) is 5.91 Å². The second-order valence-electron chi connectivity index (χ2n) is 6.46. The molecule has 1 aliphatic heterocycles. The maximum absolute atomic E-state index is 13.8. The molecule has 4 nitrogen and oxygen atoms in total. The van der Waals surface area contributed by atoms with Gasteiger partial charge in [-0.15, -0.1) is 0 Å². The van der Waals surface area contributed by atoms with Crippen molar-refractivity contribution >= 4 is 27.7 Å². The fraction of sp³-hybridized carbons (Fsp3) is 0.500. The van der Waals surface area contributed by atoms with Crippen molar-refractivity contribution in [2.75, 3.05) is 26.2 Å². The molecule has 2 amide bonds. The van der Waals surface area contributed by atoms with Crippen LogP contribution in [0.25, 0.3) is 0 Å². The largest absolute Gasteiger partial charge is 0.339 e. The molecule has 0 atom stereocenters. The molecule has 2 rings (SSSR count). The van der Waals surface area contributed by atoms with Gasteiger partial charge in [-0.2, -0.15) is 0 Å². The lowest BCUT2D eigenvalue weighted by Crippen LogP contribution is -2.53. The lowest BCUT2D eigenvalue weighted by atomic mass is 9.94. The summed E-state index contributed by atoms with van der Waals surface area (Å²) < 4.78 is 14.5. The lowest BCUT2D eigenvalue weighted by Gasteiger charge is -2.37. The molecule has 22 heavy (non-hydrogen) atoms. The van der Waals surface area contributed by atoms with Gasteiger partial charge in [0.05, 0.1) is 5.56 Å². The van der Waals surface area contributed by atoms with Crippen LogP contribution in [0.4, 0.5) is 4.39 Å². The van der Waals surface area contributed by atoms with Crippen LogP contribution in [0.2, 0.25) is 0 Å². The van der Waals surface area contributed by atoms with Crippen LogP contribution in [0.3, 0.4) is 0 Å². The molecule has 0 unspecified atom stereocenters. The molecule has 0 N–H and O–H groups in total. The summed E-state index contributed by atoms with van der Waals surface area (Å²) in [6.45, 7) is 7.45. The van der Waals surface area contributed by atoms with Crippen LogP contribution in [-0.4, -0.2) is 47.8 Å². The molecule has 1 saturated heterocycles. The number of hydrogen-bond acceptors (Lipinski definition) is 2. The summed E-state index contributed by atoms with van der Waals surface area (Å²) in [7, 11) is 0. The molecule has 0 aromatic heterocycles. The fourth-order valence-corrected chi connectivity index (χ4v) is 2.78. The highest BCUT2D eigenvalue weighted by Crippen LogP contribution is 2.21. The molecule has 0 aliphatic carbocycles. The summed E-state index contributed by atoms with van der Waals surface area (Å²) >= 11 is 3.25. The minimum absolute atomic E-state index is 0.0602. The summed E-state index contributed by atoms with van der Waals surface area (Å²) in [5.74, 6) is -0.781. The molecule has 6 heteroatoms. The Labute approximate surface area is 138 Å². The van der Waals surface area contributed by atoms with E-state index in [-0.39, 0.29) is 17.4 Å². The van der Waals surface area contributed by atoms with E-state index in [4.69, 9.17) is 0 Å². The molecular formula is C16H20BrFN2O2. The molecule has 1 aliphatic rings. The van der Waals surface area contributed by atoms with Crippen molar-refractivity contribution in [3.8, 4) is 0 Å². The topological polar surface area (TPSA) is 40.6 Å². The number of carbonyl (C=O) groups is 2. The number of benzene rings is 1. The third kappa shape index (κ3) is 3.66. The minimum atomic E-state index is -0.526. The number of nitrogens with zero attached hydrogens (tertiary/aromatic N) is 2. The zero-order chi connectivity index (χ0) is 16.5. The Balaban J connectivity index is 2.04. The smallest absolute Gasteiger partial charge is 0.256 e. The molecule has 0 radical (unpaired) electrons. The van der Waals surface area contributed by atoms with Crippen molar-refractivity contribution in [2.24, 2.45) is 5.41 Å². The van der Waals surface area contributed by atoms with Crippen molar-refractivity contribution in [1.82, 2.24) is 9.80 Å². The predicted molar refractivity (Wildman–Crippen MR) is 86.0 cm³/mol.